The molecule has 1 radical (unpaired) electrons. The largest absolute Gasteiger partial charge is 0.384 e. The first kappa shape index (κ1) is 12.5. The number of ether oxygens (including phenoxy) is 1. The average molecular weight is 261 g/mol. The van der Waals surface area contributed by atoms with E-state index in [4.69, 9.17) is 4.74 Å². The molecule has 0 saturated carbocycles. The summed E-state index contributed by atoms with van der Waals surface area (Å²) < 4.78 is 19.2. The van der Waals surface area contributed by atoms with Gasteiger partial charge in [-0.05, 0) is 31.0 Å². The van der Waals surface area contributed by atoms with Crippen LogP contribution in [0.2, 0.25) is 0 Å². The van der Waals surface area contributed by atoms with Gasteiger partial charge in [0.1, 0.15) is 5.82 Å². The van der Waals surface area contributed by atoms with E-state index in [0.29, 0.717) is 12.1 Å². The van der Waals surface area contributed by atoms with Gasteiger partial charge < -0.3 is 14.6 Å². The highest BCUT2D eigenvalue weighted by atomic mass is 19.1. The molecule has 1 aromatic carbocycles. The van der Waals surface area contributed by atoms with Crippen molar-refractivity contribution in [2.75, 3.05) is 31.7 Å². The lowest BCUT2D eigenvalue weighted by atomic mass is 9.98. The van der Waals surface area contributed by atoms with Crippen LogP contribution in [0.1, 0.15) is 12.8 Å². The van der Waals surface area contributed by atoms with E-state index in [9.17, 15) is 4.39 Å². The quantitative estimate of drug-likeness (QED) is 0.919. The number of H-pyrrole nitrogens is 1. The monoisotopic (exact) mass is 261 g/mol. The summed E-state index contributed by atoms with van der Waals surface area (Å²) in [6, 6.07) is 5.57. The number of rotatable bonds is 3. The summed E-state index contributed by atoms with van der Waals surface area (Å²) >= 11 is 0. The van der Waals surface area contributed by atoms with Crippen molar-refractivity contribution >= 4 is 16.6 Å². The topological polar surface area (TPSA) is 28.3 Å². The Labute approximate surface area is 112 Å². The van der Waals surface area contributed by atoms with Gasteiger partial charge in [0.05, 0.1) is 12.1 Å². The van der Waals surface area contributed by atoms with E-state index in [1.54, 1.807) is 19.4 Å². The average Bonchev–Trinajstić information content (AvgIpc) is 2.88. The number of anilines is 1. The number of hydrogen-bond donors (Lipinski definition) is 1. The molecule has 4 heteroatoms. The number of benzene rings is 1. The summed E-state index contributed by atoms with van der Waals surface area (Å²) in [6.45, 7) is 2.54. The van der Waals surface area contributed by atoms with Crippen LogP contribution >= 0.6 is 0 Å². The highest BCUT2D eigenvalue weighted by Crippen LogP contribution is 2.28. The summed E-state index contributed by atoms with van der Waals surface area (Å²) in [6.07, 6.45) is 3.99. The van der Waals surface area contributed by atoms with Gasteiger partial charge in [0, 0.05) is 43.4 Å². The number of halogens is 1. The van der Waals surface area contributed by atoms with Gasteiger partial charge in [0.15, 0.2) is 0 Å². The molecule has 101 valence electrons. The predicted molar refractivity (Wildman–Crippen MR) is 74.8 cm³/mol. The van der Waals surface area contributed by atoms with E-state index >= 15 is 0 Å². The van der Waals surface area contributed by atoms with E-state index in [0.717, 1.165) is 37.0 Å². The SMILES string of the molecule is COC[C]1CCCN(c2cc(F)c3[nH]ccc3c2)C1. The number of piperidine rings is 1. The third-order valence-electron chi connectivity index (χ3n) is 3.68. The van der Waals surface area contributed by atoms with Crippen molar-refractivity contribution in [1.29, 1.82) is 0 Å². The summed E-state index contributed by atoms with van der Waals surface area (Å²) in [5.74, 6) is 1.19. The van der Waals surface area contributed by atoms with E-state index < -0.39 is 0 Å². The molecule has 3 rings (SSSR count). The molecule has 1 fully saturated rings. The molecule has 0 atom stereocenters. The molecular formula is C15H18FN2O. The molecule has 1 aliphatic heterocycles. The number of aromatic nitrogens is 1. The van der Waals surface area contributed by atoms with Crippen molar-refractivity contribution < 1.29 is 9.13 Å². The van der Waals surface area contributed by atoms with Crippen molar-refractivity contribution in [2.24, 2.45) is 0 Å². The smallest absolute Gasteiger partial charge is 0.149 e. The van der Waals surface area contributed by atoms with Crippen LogP contribution in [0.5, 0.6) is 0 Å². The van der Waals surface area contributed by atoms with Crippen LogP contribution in [-0.4, -0.2) is 31.8 Å². The number of nitrogens with zero attached hydrogens (tertiary/aromatic N) is 1. The van der Waals surface area contributed by atoms with Crippen molar-refractivity contribution in [1.82, 2.24) is 4.98 Å². The predicted octanol–water partition coefficient (Wildman–Crippen LogP) is 3.13. The zero-order valence-electron chi connectivity index (χ0n) is 11.1. The fourth-order valence-corrected chi connectivity index (χ4v) is 2.78. The zero-order valence-corrected chi connectivity index (χ0v) is 11.1. The van der Waals surface area contributed by atoms with E-state index in [1.807, 2.05) is 12.1 Å². The Morgan fingerprint density at radius 3 is 3.16 bits per heavy atom. The second-order valence-corrected chi connectivity index (χ2v) is 5.08. The van der Waals surface area contributed by atoms with Gasteiger partial charge in [-0.15, -0.1) is 0 Å². The highest BCUT2D eigenvalue weighted by molar-refractivity contribution is 5.84. The molecule has 0 bridgehead atoms. The first-order valence-corrected chi connectivity index (χ1v) is 6.62. The maximum Gasteiger partial charge on any atom is 0.149 e. The Morgan fingerprint density at radius 1 is 1.42 bits per heavy atom. The third kappa shape index (κ3) is 2.45. The van der Waals surface area contributed by atoms with Gasteiger partial charge in [-0.2, -0.15) is 0 Å². The molecule has 0 aliphatic carbocycles. The van der Waals surface area contributed by atoms with Gasteiger partial charge in [0.25, 0.3) is 0 Å². The molecule has 1 N–H and O–H groups in total. The number of nitrogens with one attached hydrogen (secondary N) is 1. The molecule has 0 spiro atoms. The van der Waals surface area contributed by atoms with Crippen LogP contribution in [0, 0.1) is 11.7 Å². The second-order valence-electron chi connectivity index (χ2n) is 5.08. The molecule has 0 amide bonds. The Bertz CT molecular complexity index is 564. The van der Waals surface area contributed by atoms with Crippen LogP contribution in [0.25, 0.3) is 10.9 Å². The van der Waals surface area contributed by atoms with Crippen molar-refractivity contribution in [2.45, 2.75) is 12.8 Å². The molecule has 19 heavy (non-hydrogen) atoms. The minimum Gasteiger partial charge on any atom is -0.384 e. The molecular weight excluding hydrogens is 243 g/mol. The maximum atomic E-state index is 14.0. The number of aromatic amines is 1. The fourth-order valence-electron chi connectivity index (χ4n) is 2.78. The summed E-state index contributed by atoms with van der Waals surface area (Å²) in [5, 5.41) is 0.925. The summed E-state index contributed by atoms with van der Waals surface area (Å²) in [5.41, 5.74) is 1.54. The first-order valence-electron chi connectivity index (χ1n) is 6.62. The van der Waals surface area contributed by atoms with Crippen LogP contribution in [0.15, 0.2) is 24.4 Å². The molecule has 1 saturated heterocycles. The second kappa shape index (κ2) is 5.21. The summed E-state index contributed by atoms with van der Waals surface area (Å²) in [7, 11) is 1.72. The van der Waals surface area contributed by atoms with E-state index in [2.05, 4.69) is 9.88 Å². The number of methoxy groups -OCH3 is 1. The minimum atomic E-state index is -0.184. The fraction of sp³-hybridized carbons (Fsp3) is 0.400. The van der Waals surface area contributed by atoms with Gasteiger partial charge in [0.2, 0.25) is 0 Å². The van der Waals surface area contributed by atoms with Crippen molar-refractivity contribution in [3.63, 3.8) is 0 Å². The first-order chi connectivity index (χ1) is 9.28. The van der Waals surface area contributed by atoms with Crippen molar-refractivity contribution in [3.8, 4) is 0 Å². The standard InChI is InChI=1S/C15H18FN2O/c1-19-10-11-3-2-6-18(9-11)13-7-12-4-5-17-15(12)14(16)8-13/h4-5,7-8,17H,2-3,6,9-10H2,1H3. The molecule has 3 nitrogen and oxygen atoms in total. The van der Waals surface area contributed by atoms with E-state index in [-0.39, 0.29) is 5.82 Å². The van der Waals surface area contributed by atoms with Crippen LogP contribution in [0.4, 0.5) is 10.1 Å². The van der Waals surface area contributed by atoms with Gasteiger partial charge in [-0.25, -0.2) is 4.39 Å². The molecule has 1 aliphatic rings. The lowest BCUT2D eigenvalue weighted by Gasteiger charge is -2.33. The van der Waals surface area contributed by atoms with Crippen LogP contribution < -0.4 is 4.90 Å². The minimum absolute atomic E-state index is 0.184. The lowest BCUT2D eigenvalue weighted by molar-refractivity contribution is 0.201. The van der Waals surface area contributed by atoms with Crippen LogP contribution in [-0.2, 0) is 4.74 Å². The van der Waals surface area contributed by atoms with Gasteiger partial charge in [-0.3, -0.25) is 0 Å². The van der Waals surface area contributed by atoms with Crippen LogP contribution in [0.3, 0.4) is 0 Å². The number of hydrogen-bond acceptors (Lipinski definition) is 2. The Hall–Kier alpha value is -1.55. The Kier molecular flexibility index (Phi) is 3.42. The molecule has 1 aromatic heterocycles. The molecule has 2 aromatic rings. The molecule has 0 unspecified atom stereocenters. The van der Waals surface area contributed by atoms with E-state index in [1.165, 1.54) is 5.92 Å². The Morgan fingerprint density at radius 2 is 2.32 bits per heavy atom. The van der Waals surface area contributed by atoms with Gasteiger partial charge >= 0.3 is 0 Å². The zero-order chi connectivity index (χ0) is 13.2. The van der Waals surface area contributed by atoms with Crippen molar-refractivity contribution in [3.05, 3.63) is 36.1 Å². The number of fused-ring (bicyclic) bond motifs is 1. The summed E-state index contributed by atoms with van der Waals surface area (Å²) in [4.78, 5) is 5.16. The lowest BCUT2D eigenvalue weighted by Crippen LogP contribution is -2.36. The van der Waals surface area contributed by atoms with Gasteiger partial charge in [-0.1, -0.05) is 0 Å². The highest BCUT2D eigenvalue weighted by Gasteiger charge is 2.21. The maximum absolute atomic E-state index is 14.0. The molecule has 2 heterocycles. The normalized spacial score (nSPS) is 17.3. The Balaban J connectivity index is 1.86. The third-order valence-corrected chi connectivity index (χ3v) is 3.68.